The van der Waals surface area contributed by atoms with Crippen LogP contribution in [-0.4, -0.2) is 39.7 Å². The topological polar surface area (TPSA) is 130 Å². The standard InChI is InChI=1S/C12H14N2O6/c15-6-5-10(12(17)18)13-11(16)7-8-1-3-9(4-2-8)14(19)20/h1-4,10,15H,5-7H2,(H,13,16)(H,17,18)/t10-/m1/s1. The minimum Gasteiger partial charge on any atom is -0.480 e. The van der Waals surface area contributed by atoms with E-state index in [0.717, 1.165) is 0 Å². The van der Waals surface area contributed by atoms with Crippen molar-refractivity contribution in [2.24, 2.45) is 0 Å². The second kappa shape index (κ2) is 7.19. The number of nitrogens with one attached hydrogen (secondary N) is 1. The Morgan fingerprint density at radius 2 is 1.90 bits per heavy atom. The summed E-state index contributed by atoms with van der Waals surface area (Å²) in [5.74, 6) is -1.75. The first-order valence-electron chi connectivity index (χ1n) is 5.80. The van der Waals surface area contributed by atoms with E-state index in [0.29, 0.717) is 5.56 Å². The van der Waals surface area contributed by atoms with Crippen molar-refractivity contribution in [3.63, 3.8) is 0 Å². The smallest absolute Gasteiger partial charge is 0.326 e. The summed E-state index contributed by atoms with van der Waals surface area (Å²) in [5, 5.41) is 30.2. The van der Waals surface area contributed by atoms with Crippen LogP contribution in [0.2, 0.25) is 0 Å². The maximum absolute atomic E-state index is 11.6. The molecule has 0 aliphatic heterocycles. The molecule has 0 unspecified atom stereocenters. The number of nitro benzene ring substituents is 1. The first-order valence-corrected chi connectivity index (χ1v) is 5.80. The first kappa shape index (κ1) is 15.6. The number of aliphatic carboxylic acids is 1. The number of carbonyl (C=O) groups excluding carboxylic acids is 1. The molecule has 1 amide bonds. The van der Waals surface area contributed by atoms with Gasteiger partial charge in [-0.2, -0.15) is 0 Å². The predicted octanol–water partition coefficient (Wildman–Crippen LogP) is 0.0891. The lowest BCUT2D eigenvalue weighted by atomic mass is 10.1. The quantitative estimate of drug-likeness (QED) is 0.480. The number of amides is 1. The van der Waals surface area contributed by atoms with Crippen LogP contribution in [0.15, 0.2) is 24.3 Å². The fraction of sp³-hybridized carbons (Fsp3) is 0.333. The number of hydrogen-bond donors (Lipinski definition) is 3. The summed E-state index contributed by atoms with van der Waals surface area (Å²) in [6.07, 6.45) is -0.172. The molecule has 0 aromatic heterocycles. The molecule has 0 radical (unpaired) electrons. The number of carboxylic acids is 1. The molecule has 1 atom stereocenters. The van der Waals surface area contributed by atoms with Crippen molar-refractivity contribution < 1.29 is 24.7 Å². The molecule has 8 heteroatoms. The van der Waals surface area contributed by atoms with Crippen LogP contribution in [0.25, 0.3) is 0 Å². The van der Waals surface area contributed by atoms with Crippen molar-refractivity contribution in [1.29, 1.82) is 0 Å². The maximum atomic E-state index is 11.6. The van der Waals surface area contributed by atoms with E-state index in [1.165, 1.54) is 24.3 Å². The Hall–Kier alpha value is -2.48. The monoisotopic (exact) mass is 282 g/mol. The number of hydrogen-bond acceptors (Lipinski definition) is 5. The van der Waals surface area contributed by atoms with Crippen molar-refractivity contribution in [3.8, 4) is 0 Å². The van der Waals surface area contributed by atoms with Crippen LogP contribution < -0.4 is 5.32 Å². The van der Waals surface area contributed by atoms with E-state index >= 15 is 0 Å². The third kappa shape index (κ3) is 4.65. The predicted molar refractivity (Wildman–Crippen MR) is 68.1 cm³/mol. The highest BCUT2D eigenvalue weighted by Crippen LogP contribution is 2.12. The van der Waals surface area contributed by atoms with Crippen LogP contribution in [0.3, 0.4) is 0 Å². The summed E-state index contributed by atoms with van der Waals surface area (Å²) in [6.45, 7) is -0.352. The minimum absolute atomic E-state index is 0.0820. The van der Waals surface area contributed by atoms with Gasteiger partial charge in [-0.3, -0.25) is 14.9 Å². The third-order valence-electron chi connectivity index (χ3n) is 2.56. The van der Waals surface area contributed by atoms with E-state index < -0.39 is 22.8 Å². The van der Waals surface area contributed by atoms with Crippen LogP contribution in [0.4, 0.5) is 5.69 Å². The molecule has 108 valence electrons. The Morgan fingerprint density at radius 3 is 2.35 bits per heavy atom. The maximum Gasteiger partial charge on any atom is 0.326 e. The summed E-state index contributed by atoms with van der Waals surface area (Å²) >= 11 is 0. The highest BCUT2D eigenvalue weighted by atomic mass is 16.6. The molecule has 0 bridgehead atoms. The summed E-state index contributed by atoms with van der Waals surface area (Å²) in [5.41, 5.74) is 0.444. The van der Waals surface area contributed by atoms with Gasteiger partial charge in [0.05, 0.1) is 11.3 Å². The van der Waals surface area contributed by atoms with E-state index in [1.807, 2.05) is 0 Å². The molecule has 3 N–H and O–H groups in total. The second-order valence-electron chi connectivity index (χ2n) is 4.07. The van der Waals surface area contributed by atoms with E-state index in [-0.39, 0.29) is 25.1 Å². The molecule has 0 spiro atoms. The fourth-order valence-corrected chi connectivity index (χ4v) is 1.55. The average Bonchev–Trinajstić information content (AvgIpc) is 2.38. The lowest BCUT2D eigenvalue weighted by molar-refractivity contribution is -0.384. The molecular formula is C12H14N2O6. The van der Waals surface area contributed by atoms with Gasteiger partial charge in [-0.05, 0) is 5.56 Å². The van der Waals surface area contributed by atoms with Gasteiger partial charge in [-0.25, -0.2) is 4.79 Å². The van der Waals surface area contributed by atoms with Gasteiger partial charge in [-0.1, -0.05) is 12.1 Å². The Labute approximate surface area is 114 Å². The lowest BCUT2D eigenvalue weighted by Crippen LogP contribution is -2.42. The number of carboxylic acid groups (broad SMARTS) is 1. The molecule has 0 saturated heterocycles. The molecule has 8 nitrogen and oxygen atoms in total. The van der Waals surface area contributed by atoms with Crippen LogP contribution >= 0.6 is 0 Å². The zero-order valence-corrected chi connectivity index (χ0v) is 10.5. The Bertz CT molecular complexity index is 499. The molecule has 0 aliphatic carbocycles. The molecule has 0 saturated carbocycles. The van der Waals surface area contributed by atoms with Gasteiger partial charge in [0.15, 0.2) is 0 Å². The number of carbonyl (C=O) groups is 2. The molecule has 1 rings (SSSR count). The molecular weight excluding hydrogens is 268 g/mol. The van der Waals surface area contributed by atoms with E-state index in [1.54, 1.807) is 0 Å². The molecule has 0 aliphatic rings. The molecule has 1 aromatic carbocycles. The van der Waals surface area contributed by atoms with Crippen molar-refractivity contribution >= 4 is 17.6 Å². The highest BCUT2D eigenvalue weighted by molar-refractivity contribution is 5.84. The van der Waals surface area contributed by atoms with Crippen molar-refractivity contribution in [1.82, 2.24) is 5.32 Å². The molecule has 0 fully saturated rings. The number of rotatable bonds is 7. The SMILES string of the molecule is O=C(Cc1ccc([N+](=O)[O-])cc1)N[C@H](CCO)C(=O)O. The number of benzene rings is 1. The Balaban J connectivity index is 2.61. The van der Waals surface area contributed by atoms with Gasteiger partial charge >= 0.3 is 5.97 Å². The highest BCUT2D eigenvalue weighted by Gasteiger charge is 2.19. The van der Waals surface area contributed by atoms with Gasteiger partial charge in [0.25, 0.3) is 5.69 Å². The van der Waals surface area contributed by atoms with Crippen molar-refractivity contribution in [2.45, 2.75) is 18.9 Å². The number of aliphatic hydroxyl groups is 1. The van der Waals surface area contributed by atoms with Gasteiger partial charge in [-0.15, -0.1) is 0 Å². The van der Waals surface area contributed by atoms with Gasteiger partial charge < -0.3 is 15.5 Å². The number of nitrogens with zero attached hydrogens (tertiary/aromatic N) is 1. The van der Waals surface area contributed by atoms with Crippen LogP contribution in [0.5, 0.6) is 0 Å². The second-order valence-corrected chi connectivity index (χ2v) is 4.07. The molecule has 0 heterocycles. The van der Waals surface area contributed by atoms with Crippen LogP contribution in [0, 0.1) is 10.1 Å². The van der Waals surface area contributed by atoms with E-state index in [9.17, 15) is 19.7 Å². The van der Waals surface area contributed by atoms with Gasteiger partial charge in [0.2, 0.25) is 5.91 Å². The summed E-state index contributed by atoms with van der Waals surface area (Å²) in [4.78, 5) is 32.3. The Kier molecular flexibility index (Phi) is 5.60. The molecule has 20 heavy (non-hydrogen) atoms. The largest absolute Gasteiger partial charge is 0.480 e. The number of aliphatic hydroxyl groups excluding tert-OH is 1. The fourth-order valence-electron chi connectivity index (χ4n) is 1.55. The van der Waals surface area contributed by atoms with E-state index in [4.69, 9.17) is 10.2 Å². The van der Waals surface area contributed by atoms with E-state index in [2.05, 4.69) is 5.32 Å². The lowest BCUT2D eigenvalue weighted by Gasteiger charge is -2.13. The number of non-ortho nitro benzene ring substituents is 1. The summed E-state index contributed by atoms with van der Waals surface area (Å²) in [6, 6.07) is 4.25. The van der Waals surface area contributed by atoms with Gasteiger partial charge in [0.1, 0.15) is 6.04 Å². The normalized spacial score (nSPS) is 11.7. The van der Waals surface area contributed by atoms with Crippen molar-refractivity contribution in [3.05, 3.63) is 39.9 Å². The Morgan fingerprint density at radius 1 is 1.30 bits per heavy atom. The van der Waals surface area contributed by atoms with Crippen LogP contribution in [0.1, 0.15) is 12.0 Å². The zero-order valence-electron chi connectivity index (χ0n) is 10.5. The molecule has 1 aromatic rings. The average molecular weight is 282 g/mol. The first-order chi connectivity index (χ1) is 9.43. The summed E-state index contributed by atoms with van der Waals surface area (Å²) in [7, 11) is 0. The van der Waals surface area contributed by atoms with Crippen LogP contribution in [-0.2, 0) is 16.0 Å². The minimum atomic E-state index is -1.23. The van der Waals surface area contributed by atoms with Gasteiger partial charge in [0, 0.05) is 25.2 Å². The summed E-state index contributed by atoms with van der Waals surface area (Å²) < 4.78 is 0. The zero-order chi connectivity index (χ0) is 15.1. The van der Waals surface area contributed by atoms with Crippen molar-refractivity contribution in [2.75, 3.05) is 6.61 Å². The third-order valence-corrected chi connectivity index (χ3v) is 2.56. The number of nitro groups is 1.